The first-order chi connectivity index (χ1) is 14.1. The van der Waals surface area contributed by atoms with E-state index in [2.05, 4.69) is 5.32 Å². The zero-order valence-electron chi connectivity index (χ0n) is 17.1. The van der Waals surface area contributed by atoms with E-state index >= 15 is 0 Å². The van der Waals surface area contributed by atoms with Crippen molar-refractivity contribution in [1.82, 2.24) is 10.2 Å². The zero-order valence-corrected chi connectivity index (χ0v) is 17.1. The summed E-state index contributed by atoms with van der Waals surface area (Å²) in [6.45, 7) is 2.30. The van der Waals surface area contributed by atoms with Crippen LogP contribution < -0.4 is 10.1 Å². The molecule has 2 fully saturated rings. The van der Waals surface area contributed by atoms with Crippen molar-refractivity contribution in [3.63, 3.8) is 0 Å². The molecule has 1 aromatic carbocycles. The first kappa shape index (κ1) is 21.6. The Bertz CT molecular complexity index is 668. The average molecular weight is 405 g/mol. The number of methoxy groups -OCH3 is 1. The molecule has 0 unspecified atom stereocenters. The van der Waals surface area contributed by atoms with Crippen molar-refractivity contribution in [2.75, 3.05) is 33.4 Å². The van der Waals surface area contributed by atoms with Crippen LogP contribution in [0.4, 0.5) is 0 Å². The van der Waals surface area contributed by atoms with Gasteiger partial charge in [0.05, 0.1) is 25.4 Å². The summed E-state index contributed by atoms with van der Waals surface area (Å²) in [5, 5.41) is 13.4. The van der Waals surface area contributed by atoms with E-state index in [1.165, 1.54) is 0 Å². The molecule has 2 N–H and O–H groups in total. The minimum absolute atomic E-state index is 0.0984. The summed E-state index contributed by atoms with van der Waals surface area (Å²) in [5.74, 6) is 1.50. The Morgan fingerprint density at radius 2 is 1.83 bits per heavy atom. The quantitative estimate of drug-likeness (QED) is 0.611. The maximum Gasteiger partial charge on any atom is 0.222 e. The molecule has 1 aromatic rings. The summed E-state index contributed by atoms with van der Waals surface area (Å²) >= 11 is 0. The van der Waals surface area contributed by atoms with E-state index in [0.717, 1.165) is 5.75 Å². The number of carbonyl (C=O) groups excluding carboxylic acids is 2. The van der Waals surface area contributed by atoms with Crippen LogP contribution in [0.25, 0.3) is 0 Å². The Morgan fingerprint density at radius 1 is 1.10 bits per heavy atom. The normalized spacial score (nSPS) is 26.1. The summed E-state index contributed by atoms with van der Waals surface area (Å²) < 4.78 is 10.6. The number of benzene rings is 1. The minimum Gasteiger partial charge on any atom is -0.494 e. The van der Waals surface area contributed by atoms with Gasteiger partial charge in [-0.1, -0.05) is 18.2 Å². The number of likely N-dealkylation sites (tertiary alicyclic amines) is 1. The van der Waals surface area contributed by atoms with Crippen LogP contribution in [0.5, 0.6) is 5.75 Å². The second kappa shape index (κ2) is 10.6. The van der Waals surface area contributed by atoms with Gasteiger partial charge in [-0.3, -0.25) is 9.59 Å². The van der Waals surface area contributed by atoms with E-state index in [9.17, 15) is 14.7 Å². The number of amides is 2. The van der Waals surface area contributed by atoms with Gasteiger partial charge in [0.2, 0.25) is 11.8 Å². The predicted octanol–water partition coefficient (Wildman–Crippen LogP) is 1.60. The monoisotopic (exact) mass is 404 g/mol. The summed E-state index contributed by atoms with van der Waals surface area (Å²) in [5.41, 5.74) is 0. The number of aliphatic hydroxyl groups is 1. The topological polar surface area (TPSA) is 88.1 Å². The Kier molecular flexibility index (Phi) is 7.89. The average Bonchev–Trinajstić information content (AvgIpc) is 3.13. The first-order valence-electron chi connectivity index (χ1n) is 10.5. The van der Waals surface area contributed by atoms with Gasteiger partial charge in [-0.25, -0.2) is 0 Å². The Hall–Kier alpha value is -2.12. The number of ether oxygens (including phenoxy) is 2. The van der Waals surface area contributed by atoms with Gasteiger partial charge in [-0.05, 0) is 43.2 Å². The molecule has 4 atom stereocenters. The number of carbonyl (C=O) groups is 2. The van der Waals surface area contributed by atoms with Crippen LogP contribution in [0.15, 0.2) is 30.3 Å². The molecule has 7 heteroatoms. The second-order valence-electron chi connectivity index (χ2n) is 8.04. The molecule has 160 valence electrons. The van der Waals surface area contributed by atoms with Crippen molar-refractivity contribution in [3.05, 3.63) is 30.3 Å². The van der Waals surface area contributed by atoms with Gasteiger partial charge in [0.25, 0.3) is 0 Å². The van der Waals surface area contributed by atoms with E-state index in [0.29, 0.717) is 70.2 Å². The number of fused-ring (bicyclic) bond motifs is 1. The third-order valence-corrected chi connectivity index (χ3v) is 5.92. The molecular formula is C22H32N2O5. The number of aliphatic hydroxyl groups excluding tert-OH is 1. The van der Waals surface area contributed by atoms with E-state index in [4.69, 9.17) is 9.47 Å². The molecule has 7 nitrogen and oxygen atoms in total. The third kappa shape index (κ3) is 6.18. The van der Waals surface area contributed by atoms with E-state index in [-0.39, 0.29) is 17.9 Å². The van der Waals surface area contributed by atoms with Crippen molar-refractivity contribution < 1.29 is 24.2 Å². The molecule has 3 rings (SSSR count). The second-order valence-corrected chi connectivity index (χ2v) is 8.04. The lowest BCUT2D eigenvalue weighted by molar-refractivity contribution is -0.130. The van der Waals surface area contributed by atoms with E-state index < -0.39 is 6.10 Å². The van der Waals surface area contributed by atoms with Crippen molar-refractivity contribution in [2.45, 2.75) is 44.2 Å². The van der Waals surface area contributed by atoms with Crippen LogP contribution in [0, 0.1) is 11.8 Å². The number of nitrogens with zero attached hydrogens (tertiary/aromatic N) is 1. The molecule has 29 heavy (non-hydrogen) atoms. The van der Waals surface area contributed by atoms with Crippen molar-refractivity contribution in [1.29, 1.82) is 0 Å². The van der Waals surface area contributed by atoms with Crippen LogP contribution >= 0.6 is 0 Å². The highest BCUT2D eigenvalue weighted by atomic mass is 16.5. The first-order valence-corrected chi connectivity index (χ1v) is 10.5. The Morgan fingerprint density at radius 3 is 2.55 bits per heavy atom. The van der Waals surface area contributed by atoms with Gasteiger partial charge < -0.3 is 24.8 Å². The van der Waals surface area contributed by atoms with Crippen molar-refractivity contribution in [3.8, 4) is 5.75 Å². The molecule has 1 saturated heterocycles. The number of para-hydroxylation sites is 1. The van der Waals surface area contributed by atoms with Gasteiger partial charge in [-0.15, -0.1) is 0 Å². The number of nitrogens with one attached hydrogen (secondary N) is 1. The molecular weight excluding hydrogens is 372 g/mol. The minimum atomic E-state index is -0.558. The van der Waals surface area contributed by atoms with Gasteiger partial charge in [0.1, 0.15) is 5.75 Å². The highest BCUT2D eigenvalue weighted by Crippen LogP contribution is 2.36. The van der Waals surface area contributed by atoms with Crippen LogP contribution in [-0.4, -0.2) is 67.4 Å². The standard InChI is InChI=1S/C22H32N2O5/c1-28-11-9-21(26)23-19-12-16-14-24(15-17(16)13-20(19)25)22(27)8-5-10-29-18-6-3-2-4-7-18/h2-4,6-7,16-17,19-20,25H,5,8-15H2,1H3,(H,23,26)/t16-,17+,19-,20-/m0/s1. The Labute approximate surface area is 172 Å². The number of hydrogen-bond donors (Lipinski definition) is 2. The molecule has 1 saturated carbocycles. The molecule has 2 amide bonds. The van der Waals surface area contributed by atoms with E-state index in [1.807, 2.05) is 35.2 Å². The highest BCUT2D eigenvalue weighted by Gasteiger charge is 2.43. The smallest absolute Gasteiger partial charge is 0.222 e. The molecule has 1 heterocycles. The summed E-state index contributed by atoms with van der Waals surface area (Å²) in [4.78, 5) is 26.5. The largest absolute Gasteiger partial charge is 0.494 e. The SMILES string of the molecule is COCCC(=O)N[C@H]1C[C@H]2CN(C(=O)CCCOc3ccccc3)C[C@H]2C[C@@H]1O. The molecule has 1 aliphatic carbocycles. The van der Waals surface area contributed by atoms with Crippen LogP contribution in [0.1, 0.15) is 32.1 Å². The van der Waals surface area contributed by atoms with Crippen LogP contribution in [0.2, 0.25) is 0 Å². The maximum atomic E-state index is 12.6. The van der Waals surface area contributed by atoms with Crippen LogP contribution in [0.3, 0.4) is 0 Å². The van der Waals surface area contributed by atoms with Crippen molar-refractivity contribution >= 4 is 11.8 Å². The zero-order chi connectivity index (χ0) is 20.6. The summed E-state index contributed by atoms with van der Waals surface area (Å²) in [6.07, 6.45) is 2.22. The molecule has 0 bridgehead atoms. The van der Waals surface area contributed by atoms with Gasteiger partial charge in [0.15, 0.2) is 0 Å². The van der Waals surface area contributed by atoms with Crippen LogP contribution in [-0.2, 0) is 14.3 Å². The van der Waals surface area contributed by atoms with Gasteiger partial charge >= 0.3 is 0 Å². The molecule has 0 radical (unpaired) electrons. The van der Waals surface area contributed by atoms with Gasteiger partial charge in [-0.2, -0.15) is 0 Å². The fraction of sp³-hybridized carbons (Fsp3) is 0.636. The number of rotatable bonds is 9. The molecule has 0 aromatic heterocycles. The predicted molar refractivity (Wildman–Crippen MR) is 108 cm³/mol. The Balaban J connectivity index is 1.40. The third-order valence-electron chi connectivity index (χ3n) is 5.92. The maximum absolute atomic E-state index is 12.6. The lowest BCUT2D eigenvalue weighted by Crippen LogP contribution is -2.49. The van der Waals surface area contributed by atoms with Crippen molar-refractivity contribution in [2.24, 2.45) is 11.8 Å². The lowest BCUT2D eigenvalue weighted by atomic mass is 9.77. The molecule has 2 aliphatic rings. The van der Waals surface area contributed by atoms with E-state index in [1.54, 1.807) is 7.11 Å². The summed E-state index contributed by atoms with van der Waals surface area (Å²) in [6, 6.07) is 9.36. The lowest BCUT2D eigenvalue weighted by Gasteiger charge is -2.35. The van der Waals surface area contributed by atoms with Gasteiger partial charge in [0, 0.05) is 33.0 Å². The fourth-order valence-corrected chi connectivity index (χ4v) is 4.35. The summed E-state index contributed by atoms with van der Waals surface area (Å²) in [7, 11) is 1.56. The fourth-order valence-electron chi connectivity index (χ4n) is 4.35. The highest BCUT2D eigenvalue weighted by molar-refractivity contribution is 5.77. The number of hydrogen-bond acceptors (Lipinski definition) is 5. The molecule has 1 aliphatic heterocycles. The molecule has 0 spiro atoms.